The van der Waals surface area contributed by atoms with Gasteiger partial charge in [-0.05, 0) is 33.6 Å². The number of phenols is 1. The van der Waals surface area contributed by atoms with Crippen LogP contribution in [0.1, 0.15) is 11.1 Å². The predicted molar refractivity (Wildman–Crippen MR) is 56.2 cm³/mol. The molecule has 1 aromatic rings. The highest BCUT2D eigenvalue weighted by molar-refractivity contribution is 9.10. The molecule has 0 aliphatic heterocycles. The molecule has 0 saturated heterocycles. The number of benzene rings is 1. The van der Waals surface area contributed by atoms with Crippen LogP contribution in [0.25, 0.3) is 0 Å². The van der Waals surface area contributed by atoms with Gasteiger partial charge in [0.2, 0.25) is 0 Å². The summed E-state index contributed by atoms with van der Waals surface area (Å²) in [5.41, 5.74) is 0.787. The van der Waals surface area contributed by atoms with Crippen LogP contribution in [0.5, 0.6) is 5.75 Å². The molecule has 0 unspecified atom stereocenters. The molecule has 1 N–H and O–H groups in total. The average molecular weight is 270 g/mol. The first-order valence-electron chi connectivity index (χ1n) is 4.06. The largest absolute Gasteiger partial charge is 0.507 e. The number of aromatic hydroxyl groups is 1. The van der Waals surface area contributed by atoms with Crippen molar-refractivity contribution in [2.75, 3.05) is 7.11 Å². The van der Waals surface area contributed by atoms with E-state index in [1.54, 1.807) is 0 Å². The number of methoxy groups -OCH3 is 1. The van der Waals surface area contributed by atoms with Gasteiger partial charge in [0.1, 0.15) is 5.75 Å². The standard InChI is InChI=1S/C10H8BrNO3/c1-15-10(14)4-6-2-8(11)9(13)3-7(6)5-12/h2-3,13H,4H2,1H3. The molecule has 0 fully saturated rings. The molecule has 0 bridgehead atoms. The Kier molecular flexibility index (Phi) is 3.69. The normalized spacial score (nSPS) is 9.40. The van der Waals surface area contributed by atoms with E-state index in [2.05, 4.69) is 20.7 Å². The SMILES string of the molecule is COC(=O)Cc1cc(Br)c(O)cc1C#N. The molecule has 0 aromatic heterocycles. The van der Waals surface area contributed by atoms with Crippen LogP contribution in [-0.4, -0.2) is 18.2 Å². The number of hydrogen-bond acceptors (Lipinski definition) is 4. The smallest absolute Gasteiger partial charge is 0.310 e. The molecule has 15 heavy (non-hydrogen) atoms. The number of nitrogens with zero attached hydrogens (tertiary/aromatic N) is 1. The minimum absolute atomic E-state index is 0.0122. The zero-order valence-corrected chi connectivity index (χ0v) is 9.54. The zero-order chi connectivity index (χ0) is 11.4. The van der Waals surface area contributed by atoms with E-state index in [9.17, 15) is 9.90 Å². The highest BCUT2D eigenvalue weighted by Gasteiger charge is 2.11. The third-order valence-corrected chi connectivity index (χ3v) is 2.49. The molecule has 0 radical (unpaired) electrons. The summed E-state index contributed by atoms with van der Waals surface area (Å²) >= 11 is 3.11. The number of carbonyl (C=O) groups is 1. The first-order chi connectivity index (χ1) is 7.08. The van der Waals surface area contributed by atoms with Crippen molar-refractivity contribution in [2.24, 2.45) is 0 Å². The summed E-state index contributed by atoms with van der Waals surface area (Å²) in [5.74, 6) is -0.454. The van der Waals surface area contributed by atoms with Crippen molar-refractivity contribution in [3.63, 3.8) is 0 Å². The Morgan fingerprint density at radius 1 is 1.67 bits per heavy atom. The summed E-state index contributed by atoms with van der Waals surface area (Å²) < 4.78 is 4.94. The molecule has 0 heterocycles. The lowest BCUT2D eigenvalue weighted by molar-refractivity contribution is -0.139. The van der Waals surface area contributed by atoms with Crippen LogP contribution in [-0.2, 0) is 16.0 Å². The number of hydrogen-bond donors (Lipinski definition) is 1. The summed E-state index contributed by atoms with van der Waals surface area (Å²) in [7, 11) is 1.28. The van der Waals surface area contributed by atoms with Gasteiger partial charge in [-0.1, -0.05) is 0 Å². The number of phenolic OH excluding ortho intramolecular Hbond substituents is 1. The third-order valence-electron chi connectivity index (χ3n) is 1.86. The Labute approximate surface area is 95.2 Å². The number of halogens is 1. The van der Waals surface area contributed by atoms with E-state index in [1.807, 2.05) is 6.07 Å². The Bertz CT molecular complexity index is 437. The van der Waals surface area contributed by atoms with Crippen molar-refractivity contribution in [3.8, 4) is 11.8 Å². The van der Waals surface area contributed by atoms with Crippen molar-refractivity contribution in [1.29, 1.82) is 5.26 Å². The van der Waals surface area contributed by atoms with Crippen LogP contribution >= 0.6 is 15.9 Å². The van der Waals surface area contributed by atoms with Gasteiger partial charge in [0.25, 0.3) is 0 Å². The summed E-state index contributed by atoms with van der Waals surface area (Å²) in [4.78, 5) is 11.0. The van der Waals surface area contributed by atoms with Gasteiger partial charge in [0, 0.05) is 0 Å². The fourth-order valence-electron chi connectivity index (χ4n) is 1.08. The molecule has 0 atom stereocenters. The van der Waals surface area contributed by atoms with Gasteiger partial charge in [-0.3, -0.25) is 4.79 Å². The second-order valence-electron chi connectivity index (χ2n) is 2.83. The van der Waals surface area contributed by atoms with E-state index in [1.165, 1.54) is 19.2 Å². The molecule has 78 valence electrons. The second-order valence-corrected chi connectivity index (χ2v) is 3.68. The lowest BCUT2D eigenvalue weighted by Gasteiger charge is -2.05. The van der Waals surface area contributed by atoms with Crippen LogP contribution < -0.4 is 0 Å². The topological polar surface area (TPSA) is 70.3 Å². The van der Waals surface area contributed by atoms with Crippen molar-refractivity contribution in [1.82, 2.24) is 0 Å². The lowest BCUT2D eigenvalue weighted by Crippen LogP contribution is -2.06. The Morgan fingerprint density at radius 2 is 2.33 bits per heavy atom. The fourth-order valence-corrected chi connectivity index (χ4v) is 1.47. The number of nitriles is 1. The Hall–Kier alpha value is -1.54. The van der Waals surface area contributed by atoms with Crippen LogP contribution in [0.4, 0.5) is 0 Å². The number of ether oxygens (including phenoxy) is 1. The predicted octanol–water partition coefficient (Wildman–Crippen LogP) is 1.74. The van der Waals surface area contributed by atoms with Gasteiger partial charge in [0.15, 0.2) is 0 Å². The van der Waals surface area contributed by atoms with E-state index in [4.69, 9.17) is 5.26 Å². The lowest BCUT2D eigenvalue weighted by atomic mass is 10.1. The van der Waals surface area contributed by atoms with Gasteiger partial charge < -0.3 is 9.84 Å². The highest BCUT2D eigenvalue weighted by atomic mass is 79.9. The first-order valence-corrected chi connectivity index (χ1v) is 4.86. The van der Waals surface area contributed by atoms with E-state index >= 15 is 0 Å². The molecule has 5 heteroatoms. The Balaban J connectivity index is 3.12. The maximum absolute atomic E-state index is 11.0. The number of carbonyl (C=O) groups excluding carboxylic acids is 1. The summed E-state index contributed by atoms with van der Waals surface area (Å²) in [6.07, 6.45) is 0.0122. The maximum atomic E-state index is 11.0. The van der Waals surface area contributed by atoms with E-state index in [-0.39, 0.29) is 17.7 Å². The summed E-state index contributed by atoms with van der Waals surface area (Å²) in [5, 5.41) is 18.1. The summed E-state index contributed by atoms with van der Waals surface area (Å²) in [6, 6.07) is 4.74. The molecule has 0 spiro atoms. The highest BCUT2D eigenvalue weighted by Crippen LogP contribution is 2.27. The van der Waals surface area contributed by atoms with E-state index in [0.717, 1.165) is 0 Å². The van der Waals surface area contributed by atoms with E-state index in [0.29, 0.717) is 10.0 Å². The van der Waals surface area contributed by atoms with E-state index < -0.39 is 5.97 Å². The van der Waals surface area contributed by atoms with Crippen LogP contribution in [0.15, 0.2) is 16.6 Å². The third kappa shape index (κ3) is 2.70. The van der Waals surface area contributed by atoms with Gasteiger partial charge in [-0.15, -0.1) is 0 Å². The zero-order valence-electron chi connectivity index (χ0n) is 7.95. The molecule has 0 amide bonds. The second kappa shape index (κ2) is 4.80. The molecule has 0 saturated carbocycles. The van der Waals surface area contributed by atoms with Crippen LogP contribution in [0.2, 0.25) is 0 Å². The van der Waals surface area contributed by atoms with Crippen molar-refractivity contribution in [3.05, 3.63) is 27.7 Å². The maximum Gasteiger partial charge on any atom is 0.310 e. The van der Waals surface area contributed by atoms with Crippen LogP contribution in [0.3, 0.4) is 0 Å². The van der Waals surface area contributed by atoms with Gasteiger partial charge in [-0.25, -0.2) is 0 Å². The molecule has 1 rings (SSSR count). The van der Waals surface area contributed by atoms with Gasteiger partial charge in [-0.2, -0.15) is 5.26 Å². The minimum atomic E-state index is -0.427. The number of rotatable bonds is 2. The average Bonchev–Trinajstić information content (AvgIpc) is 2.22. The molecule has 0 aliphatic rings. The minimum Gasteiger partial charge on any atom is -0.507 e. The van der Waals surface area contributed by atoms with Crippen molar-refractivity contribution >= 4 is 21.9 Å². The van der Waals surface area contributed by atoms with Crippen LogP contribution in [0, 0.1) is 11.3 Å². The first kappa shape index (κ1) is 11.5. The fraction of sp³-hybridized carbons (Fsp3) is 0.200. The van der Waals surface area contributed by atoms with Gasteiger partial charge in [0.05, 0.1) is 29.6 Å². The quantitative estimate of drug-likeness (QED) is 0.831. The van der Waals surface area contributed by atoms with Crippen molar-refractivity contribution < 1.29 is 14.6 Å². The molecule has 4 nitrogen and oxygen atoms in total. The molecule has 0 aliphatic carbocycles. The van der Waals surface area contributed by atoms with Crippen molar-refractivity contribution in [2.45, 2.75) is 6.42 Å². The monoisotopic (exact) mass is 269 g/mol. The molecule has 1 aromatic carbocycles. The molecular weight excluding hydrogens is 262 g/mol. The summed E-state index contributed by atoms with van der Waals surface area (Å²) in [6.45, 7) is 0. The Morgan fingerprint density at radius 3 is 2.87 bits per heavy atom. The number of esters is 1. The molecular formula is C10H8BrNO3. The van der Waals surface area contributed by atoms with Gasteiger partial charge >= 0.3 is 5.97 Å².